The first-order chi connectivity index (χ1) is 2.81. The fourth-order valence-corrected chi connectivity index (χ4v) is 0.0791. The second kappa shape index (κ2) is 2.82. The van der Waals surface area contributed by atoms with Crippen molar-refractivity contribution in [2.24, 2.45) is 0 Å². The fourth-order valence-electron chi connectivity index (χ4n) is 0.0791. The number of rotatable bonds is 0. The summed E-state index contributed by atoms with van der Waals surface area (Å²) in [4.78, 5) is 0. The summed E-state index contributed by atoms with van der Waals surface area (Å²) < 4.78 is 3.43. The van der Waals surface area contributed by atoms with Crippen LogP contribution in [0.2, 0.25) is 0 Å². The summed E-state index contributed by atoms with van der Waals surface area (Å²) >= 11 is 3.81. The molecular weight excluding hydrogens is 96.1 g/mol. The average molecular weight is 103 g/mol. The number of nitrogens with one attached hydrogen (secondary N) is 1. The van der Waals surface area contributed by atoms with Crippen molar-refractivity contribution in [3.8, 4) is 0 Å². The highest BCUT2D eigenvalue weighted by atomic mass is 32.1. The number of thiol groups is 1. The van der Waals surface area contributed by atoms with Gasteiger partial charge < -0.3 is 0 Å². The van der Waals surface area contributed by atoms with E-state index in [2.05, 4.69) is 29.3 Å². The zero-order chi connectivity index (χ0) is 4.99. The van der Waals surface area contributed by atoms with Gasteiger partial charge in [0, 0.05) is 0 Å². The molecule has 0 aliphatic carbocycles. The summed E-state index contributed by atoms with van der Waals surface area (Å²) in [5.41, 5.74) is 0. The highest BCUT2D eigenvalue weighted by molar-refractivity contribution is 7.96. The van der Waals surface area contributed by atoms with Crippen molar-refractivity contribution < 1.29 is 0 Å². The molecule has 6 heavy (non-hydrogen) atoms. The molecule has 1 N–H and O–H groups in total. The number of hydrogen-bond acceptors (Lipinski definition) is 0. The van der Waals surface area contributed by atoms with Crippen molar-refractivity contribution in [1.82, 2.24) is 9.98 Å². The summed E-state index contributed by atoms with van der Waals surface area (Å²) in [6.07, 6.45) is 0. The predicted octanol–water partition coefficient (Wildman–Crippen LogP) is -0.741. The van der Waals surface area contributed by atoms with Crippen LogP contribution in [-0.4, -0.2) is 18.9 Å². The lowest BCUT2D eigenvalue weighted by Crippen LogP contribution is -2.12. The molecular formula is C3H7N2S+. The van der Waals surface area contributed by atoms with Gasteiger partial charge in [-0.2, -0.15) is 0 Å². The Morgan fingerprint density at radius 3 is 2.50 bits per heavy atom. The van der Waals surface area contributed by atoms with Crippen LogP contribution >= 0.6 is 12.6 Å². The van der Waals surface area contributed by atoms with Crippen molar-refractivity contribution in [3.63, 3.8) is 0 Å². The van der Waals surface area contributed by atoms with Crippen molar-refractivity contribution >= 4 is 24.5 Å². The van der Waals surface area contributed by atoms with Gasteiger partial charge in [-0.3, -0.25) is 5.32 Å². The van der Waals surface area contributed by atoms with Gasteiger partial charge in [0.2, 0.25) is 0 Å². The lowest BCUT2D eigenvalue weighted by atomic mass is 11.2. The van der Waals surface area contributed by atoms with Crippen LogP contribution in [0.15, 0.2) is 0 Å². The van der Waals surface area contributed by atoms with Gasteiger partial charge in [0.15, 0.2) is 6.72 Å². The van der Waals surface area contributed by atoms with Crippen LogP contribution in [0.4, 0.5) is 0 Å². The van der Waals surface area contributed by atoms with Gasteiger partial charge in [0.05, 0.1) is 7.05 Å². The second-order valence-electron chi connectivity index (χ2n) is 0.732. The minimum absolute atomic E-state index is 0.551. The summed E-state index contributed by atoms with van der Waals surface area (Å²) in [6, 6.07) is 0. The minimum atomic E-state index is 0.551. The van der Waals surface area contributed by atoms with Gasteiger partial charge in [-0.15, -0.1) is 0 Å². The van der Waals surface area contributed by atoms with Crippen molar-refractivity contribution in [2.75, 3.05) is 7.05 Å². The number of amidine groups is 1. The smallest absolute Gasteiger partial charge is 0.258 e. The third kappa shape index (κ3) is 1.88. The average Bonchev–Trinajstić information content (AvgIpc) is 1.65. The molecule has 3 heteroatoms. The Bertz CT molecular complexity index is 82.8. The molecule has 34 valence electrons. The minimum Gasteiger partial charge on any atom is -0.258 e. The fraction of sp³-hybridized carbons (Fsp3) is 0.333. The molecule has 0 atom stereocenters. The molecule has 0 heterocycles. The third-order valence-corrected chi connectivity index (χ3v) is 0.738. The molecule has 0 spiro atoms. The van der Waals surface area contributed by atoms with Gasteiger partial charge in [0.25, 0.3) is 0 Å². The number of hydrogen-bond donors (Lipinski definition) is 2. The quantitative estimate of drug-likeness (QED) is 0.179. The first-order valence-corrected chi connectivity index (χ1v) is 1.96. The van der Waals surface area contributed by atoms with Crippen LogP contribution in [0.25, 0.3) is 0 Å². The van der Waals surface area contributed by atoms with Gasteiger partial charge in [-0.1, -0.05) is 0 Å². The first kappa shape index (κ1) is 5.60. The van der Waals surface area contributed by atoms with Gasteiger partial charge in [0.1, 0.15) is 0 Å². The van der Waals surface area contributed by atoms with Crippen molar-refractivity contribution in [1.29, 1.82) is 0 Å². The van der Waals surface area contributed by atoms with Gasteiger partial charge >= 0.3 is 5.17 Å². The lowest BCUT2D eigenvalue weighted by molar-refractivity contribution is 1.20. The maximum atomic E-state index is 3.81. The zero-order valence-electron chi connectivity index (χ0n) is 3.60. The molecule has 0 rings (SSSR count). The van der Waals surface area contributed by atoms with Crippen LogP contribution in [-0.2, 0) is 0 Å². The van der Waals surface area contributed by atoms with Gasteiger partial charge in [-0.25, -0.2) is 4.67 Å². The Morgan fingerprint density at radius 1 is 2.00 bits per heavy atom. The van der Waals surface area contributed by atoms with Gasteiger partial charge in [-0.05, 0) is 12.6 Å². The largest absolute Gasteiger partial charge is 0.399 e. The Labute approximate surface area is 42.4 Å². The van der Waals surface area contributed by atoms with E-state index in [0.717, 1.165) is 0 Å². The number of nitrogens with zero attached hydrogens (tertiary/aromatic N) is 1. The zero-order valence-corrected chi connectivity index (χ0v) is 4.50. The molecule has 0 aliphatic heterocycles. The molecule has 0 radical (unpaired) electrons. The van der Waals surface area contributed by atoms with Crippen LogP contribution in [0.3, 0.4) is 0 Å². The van der Waals surface area contributed by atoms with Crippen LogP contribution in [0.1, 0.15) is 0 Å². The molecule has 0 aliphatic rings. The van der Waals surface area contributed by atoms with Crippen LogP contribution < -0.4 is 9.98 Å². The SMILES string of the molecule is C=[N+]=C(S)NC. The lowest BCUT2D eigenvalue weighted by Gasteiger charge is -1.71. The summed E-state index contributed by atoms with van der Waals surface area (Å²) in [7, 11) is 1.73. The van der Waals surface area contributed by atoms with E-state index in [1.165, 1.54) is 0 Å². The van der Waals surface area contributed by atoms with E-state index in [1.807, 2.05) is 0 Å². The normalized spacial score (nSPS) is 6.33. The van der Waals surface area contributed by atoms with E-state index in [-0.39, 0.29) is 0 Å². The monoisotopic (exact) mass is 103 g/mol. The second-order valence-corrected chi connectivity index (χ2v) is 1.16. The molecule has 0 unspecified atom stereocenters. The van der Waals surface area contributed by atoms with Crippen LogP contribution in [0.5, 0.6) is 0 Å². The van der Waals surface area contributed by atoms with E-state index in [4.69, 9.17) is 0 Å². The molecule has 2 nitrogen and oxygen atoms in total. The van der Waals surface area contributed by atoms with E-state index < -0.39 is 0 Å². The van der Waals surface area contributed by atoms with Crippen LogP contribution in [0, 0.1) is 0 Å². The van der Waals surface area contributed by atoms with E-state index in [0.29, 0.717) is 5.17 Å². The topological polar surface area (TPSA) is 26.1 Å². The predicted molar refractivity (Wildman–Crippen MR) is 32.3 cm³/mol. The summed E-state index contributed by atoms with van der Waals surface area (Å²) in [5, 5.41) is 3.22. The summed E-state index contributed by atoms with van der Waals surface area (Å²) in [5.74, 6) is 0. The van der Waals surface area contributed by atoms with Crippen molar-refractivity contribution in [2.45, 2.75) is 0 Å². The maximum Gasteiger partial charge on any atom is 0.399 e. The molecule has 0 bridgehead atoms. The molecule has 0 saturated heterocycles. The van der Waals surface area contributed by atoms with E-state index in [9.17, 15) is 0 Å². The first-order valence-electron chi connectivity index (χ1n) is 1.51. The maximum absolute atomic E-state index is 3.81. The Balaban J connectivity index is 3.52. The van der Waals surface area contributed by atoms with E-state index >= 15 is 0 Å². The molecule has 0 amide bonds. The van der Waals surface area contributed by atoms with Crippen molar-refractivity contribution in [3.05, 3.63) is 0 Å². The molecule has 0 aromatic rings. The Morgan fingerprint density at radius 2 is 2.50 bits per heavy atom. The highest BCUT2D eigenvalue weighted by Gasteiger charge is 1.86. The van der Waals surface area contributed by atoms with E-state index in [1.54, 1.807) is 7.05 Å². The summed E-state index contributed by atoms with van der Waals surface area (Å²) in [6.45, 7) is 3.21. The molecule has 0 aromatic carbocycles. The molecule has 0 fully saturated rings. The molecule has 0 aromatic heterocycles. The Kier molecular flexibility index (Phi) is 2.63. The third-order valence-electron chi connectivity index (χ3n) is 0.373. The standard InChI is InChI=1S/C3H6N2S/c1-4-3(6)5-2/h1H2,2H3,(H,5,6)/p+1. The molecule has 0 saturated carbocycles. The highest BCUT2D eigenvalue weighted by Crippen LogP contribution is 1.61. The Hall–Kier alpha value is -0.400.